The van der Waals surface area contributed by atoms with Crippen LogP contribution in [0.5, 0.6) is 5.75 Å². The predicted octanol–water partition coefficient (Wildman–Crippen LogP) is 2.69. The number of likely N-dealkylation sites (tertiary alicyclic amines) is 1. The van der Waals surface area contributed by atoms with Gasteiger partial charge in [0.25, 0.3) is 0 Å². The fourth-order valence-electron chi connectivity index (χ4n) is 4.80. The minimum Gasteiger partial charge on any atom is -0.506 e. The monoisotopic (exact) mass is 488 g/mol. The van der Waals surface area contributed by atoms with Crippen LogP contribution in [0.3, 0.4) is 0 Å². The lowest BCUT2D eigenvalue weighted by atomic mass is 9.92. The van der Waals surface area contributed by atoms with Crippen LogP contribution in [0, 0.1) is 11.8 Å². The topological polar surface area (TPSA) is 121 Å². The highest BCUT2D eigenvalue weighted by Gasteiger charge is 2.31. The molecule has 9 nitrogen and oxygen atoms in total. The van der Waals surface area contributed by atoms with Crippen molar-refractivity contribution in [2.45, 2.75) is 77.4 Å². The number of hydrogen-bond donors (Lipinski definition) is 3. The first kappa shape index (κ1) is 26.9. The summed E-state index contributed by atoms with van der Waals surface area (Å²) in [5.41, 5.74) is -0.129. The number of ether oxygens (including phenoxy) is 1. The number of piperidine rings is 2. The van der Waals surface area contributed by atoms with Gasteiger partial charge in [0, 0.05) is 25.7 Å². The Labute approximate surface area is 208 Å². The number of carbonyl (C=O) groups excluding carboxylic acids is 3. The summed E-state index contributed by atoms with van der Waals surface area (Å²) in [6.07, 6.45) is 7.83. The van der Waals surface area contributed by atoms with Gasteiger partial charge in [0.2, 0.25) is 11.8 Å². The number of nitrogens with zero attached hydrogens (tertiary/aromatic N) is 2. The van der Waals surface area contributed by atoms with Crippen LogP contribution in [0.2, 0.25) is 0 Å². The molecule has 1 aromatic heterocycles. The third-order valence-corrected chi connectivity index (χ3v) is 6.62. The Bertz CT molecular complexity index is 879. The van der Waals surface area contributed by atoms with Gasteiger partial charge >= 0.3 is 5.97 Å². The van der Waals surface area contributed by atoms with E-state index in [-0.39, 0.29) is 29.9 Å². The predicted molar refractivity (Wildman–Crippen MR) is 131 cm³/mol. The van der Waals surface area contributed by atoms with Crippen molar-refractivity contribution < 1.29 is 24.2 Å². The van der Waals surface area contributed by atoms with Crippen LogP contribution in [0.25, 0.3) is 0 Å². The Hall–Kier alpha value is -2.68. The first-order chi connectivity index (χ1) is 16.6. The smallest absolute Gasteiger partial charge is 0.308 e. The highest BCUT2D eigenvalue weighted by atomic mass is 16.6. The Balaban J connectivity index is 1.60. The molecule has 2 saturated heterocycles. The van der Waals surface area contributed by atoms with E-state index in [9.17, 15) is 19.5 Å². The summed E-state index contributed by atoms with van der Waals surface area (Å²) in [4.78, 5) is 44.4. The van der Waals surface area contributed by atoms with Gasteiger partial charge in [-0.2, -0.15) is 0 Å². The lowest BCUT2D eigenvalue weighted by molar-refractivity contribution is -0.155. The van der Waals surface area contributed by atoms with E-state index in [0.29, 0.717) is 37.4 Å². The van der Waals surface area contributed by atoms with Gasteiger partial charge < -0.3 is 25.4 Å². The van der Waals surface area contributed by atoms with Gasteiger partial charge in [-0.05, 0) is 83.5 Å². The molecule has 2 aliphatic heterocycles. The largest absolute Gasteiger partial charge is 0.506 e. The SMILES string of the molecule is CC(C)(C)OC(=O)CC(NC(=O)[C@@H]1CCCN(C(=O)CCC2CCNCC2)C1)c1cncc(O)c1. The lowest BCUT2D eigenvalue weighted by Gasteiger charge is -2.33. The first-order valence-corrected chi connectivity index (χ1v) is 12.8. The van der Waals surface area contributed by atoms with E-state index in [4.69, 9.17) is 4.74 Å². The van der Waals surface area contributed by atoms with Gasteiger partial charge in [-0.15, -0.1) is 0 Å². The third-order valence-electron chi connectivity index (χ3n) is 6.62. The highest BCUT2D eigenvalue weighted by molar-refractivity contribution is 5.82. The summed E-state index contributed by atoms with van der Waals surface area (Å²) in [6, 6.07) is 0.794. The van der Waals surface area contributed by atoms with Gasteiger partial charge in [0.15, 0.2) is 0 Å². The molecule has 0 aromatic carbocycles. The molecule has 194 valence electrons. The number of amides is 2. The molecule has 35 heavy (non-hydrogen) atoms. The van der Waals surface area contributed by atoms with E-state index in [2.05, 4.69) is 15.6 Å². The Morgan fingerprint density at radius 2 is 1.97 bits per heavy atom. The molecule has 2 fully saturated rings. The number of hydrogen-bond acceptors (Lipinski definition) is 7. The first-order valence-electron chi connectivity index (χ1n) is 12.8. The number of pyridine rings is 1. The lowest BCUT2D eigenvalue weighted by Crippen LogP contribution is -2.46. The quantitative estimate of drug-likeness (QED) is 0.481. The fraction of sp³-hybridized carbons (Fsp3) is 0.692. The number of aromatic hydroxyl groups is 1. The van der Waals surface area contributed by atoms with Crippen molar-refractivity contribution in [2.75, 3.05) is 26.2 Å². The van der Waals surface area contributed by atoms with Gasteiger partial charge in [-0.1, -0.05) is 0 Å². The van der Waals surface area contributed by atoms with Crippen molar-refractivity contribution in [2.24, 2.45) is 11.8 Å². The second kappa shape index (κ2) is 12.3. The molecule has 0 bridgehead atoms. The summed E-state index contributed by atoms with van der Waals surface area (Å²) in [5.74, 6) is -0.355. The number of carbonyl (C=O) groups is 3. The Morgan fingerprint density at radius 1 is 1.23 bits per heavy atom. The minimum absolute atomic E-state index is 0.0471. The maximum atomic E-state index is 13.2. The van der Waals surface area contributed by atoms with Gasteiger partial charge in [-0.3, -0.25) is 19.4 Å². The van der Waals surface area contributed by atoms with E-state index < -0.39 is 17.6 Å². The molecule has 0 radical (unpaired) electrons. The van der Waals surface area contributed by atoms with Crippen molar-refractivity contribution in [3.63, 3.8) is 0 Å². The number of rotatable bonds is 8. The van der Waals surface area contributed by atoms with Crippen LogP contribution < -0.4 is 10.6 Å². The molecule has 2 amide bonds. The van der Waals surface area contributed by atoms with Crippen LogP contribution in [0.1, 0.15) is 77.3 Å². The second-order valence-electron chi connectivity index (χ2n) is 10.7. The van der Waals surface area contributed by atoms with Crippen LogP contribution in [-0.2, 0) is 19.1 Å². The van der Waals surface area contributed by atoms with Crippen LogP contribution in [0.15, 0.2) is 18.5 Å². The van der Waals surface area contributed by atoms with Crippen molar-refractivity contribution in [3.8, 4) is 5.75 Å². The van der Waals surface area contributed by atoms with Crippen LogP contribution in [-0.4, -0.2) is 64.6 Å². The van der Waals surface area contributed by atoms with E-state index in [0.717, 1.165) is 38.8 Å². The summed E-state index contributed by atoms with van der Waals surface area (Å²) in [6.45, 7) is 8.45. The molecule has 0 aliphatic carbocycles. The summed E-state index contributed by atoms with van der Waals surface area (Å²) in [7, 11) is 0. The van der Waals surface area contributed by atoms with E-state index in [1.165, 1.54) is 18.5 Å². The van der Waals surface area contributed by atoms with E-state index in [1.807, 2.05) is 4.90 Å². The number of aromatic nitrogens is 1. The zero-order chi connectivity index (χ0) is 25.4. The molecule has 1 aromatic rings. The average Bonchev–Trinajstić information content (AvgIpc) is 2.81. The standard InChI is InChI=1S/C26H40N4O5/c1-26(2,3)35-24(33)14-22(20-13-21(31)16-28-15-20)29-25(34)19-5-4-12-30(17-19)23(32)7-6-18-8-10-27-11-9-18/h13,15-16,18-19,22,27,31H,4-12,14,17H2,1-3H3,(H,29,34)/t19-,22?/m1/s1. The minimum atomic E-state index is -0.692. The molecule has 3 heterocycles. The number of esters is 1. The number of nitrogens with one attached hydrogen (secondary N) is 2. The molecule has 1 unspecified atom stereocenters. The van der Waals surface area contributed by atoms with Crippen molar-refractivity contribution in [1.82, 2.24) is 20.5 Å². The maximum absolute atomic E-state index is 13.2. The summed E-state index contributed by atoms with van der Waals surface area (Å²) in [5, 5.41) is 16.2. The third kappa shape index (κ3) is 8.80. The molecule has 2 aliphatic rings. The van der Waals surface area contributed by atoms with Gasteiger partial charge in [0.1, 0.15) is 11.4 Å². The van der Waals surface area contributed by atoms with Crippen LogP contribution in [0.4, 0.5) is 0 Å². The molecule has 9 heteroatoms. The Morgan fingerprint density at radius 3 is 2.66 bits per heavy atom. The molecule has 3 rings (SSSR count). The molecule has 2 atom stereocenters. The van der Waals surface area contributed by atoms with E-state index in [1.54, 1.807) is 20.8 Å². The van der Waals surface area contributed by atoms with Gasteiger partial charge in [-0.25, -0.2) is 0 Å². The second-order valence-corrected chi connectivity index (χ2v) is 10.7. The summed E-state index contributed by atoms with van der Waals surface area (Å²) >= 11 is 0. The molecular formula is C26H40N4O5. The zero-order valence-corrected chi connectivity index (χ0v) is 21.2. The van der Waals surface area contributed by atoms with E-state index >= 15 is 0 Å². The normalized spacial score (nSPS) is 20.2. The molecular weight excluding hydrogens is 448 g/mol. The zero-order valence-electron chi connectivity index (χ0n) is 21.2. The van der Waals surface area contributed by atoms with Crippen molar-refractivity contribution >= 4 is 17.8 Å². The summed E-state index contributed by atoms with van der Waals surface area (Å²) < 4.78 is 5.44. The van der Waals surface area contributed by atoms with Gasteiger partial charge in [0.05, 0.1) is 24.6 Å². The fourth-order valence-corrected chi connectivity index (χ4v) is 4.80. The van der Waals surface area contributed by atoms with Crippen LogP contribution >= 0.6 is 0 Å². The van der Waals surface area contributed by atoms with Crippen molar-refractivity contribution in [1.29, 1.82) is 0 Å². The Kier molecular flexibility index (Phi) is 9.48. The molecule has 3 N–H and O–H groups in total. The molecule has 0 saturated carbocycles. The average molecular weight is 489 g/mol. The highest BCUT2D eigenvalue weighted by Crippen LogP contribution is 2.25. The maximum Gasteiger partial charge on any atom is 0.308 e. The molecule has 0 spiro atoms. The van der Waals surface area contributed by atoms with Crippen molar-refractivity contribution in [3.05, 3.63) is 24.0 Å².